The Morgan fingerprint density at radius 2 is 2.18 bits per heavy atom. The van der Waals surface area contributed by atoms with Crippen LogP contribution in [0.4, 0.5) is 0 Å². The van der Waals surface area contributed by atoms with Gasteiger partial charge in [-0.2, -0.15) is 4.79 Å². The van der Waals surface area contributed by atoms with Crippen molar-refractivity contribution in [1.82, 2.24) is 0 Å². The fourth-order valence-electron chi connectivity index (χ4n) is 1.19. The molecule has 0 bridgehead atoms. The molecule has 0 amide bonds. The summed E-state index contributed by atoms with van der Waals surface area (Å²) in [5.74, 6) is 0.114. The molecule has 1 aromatic rings. The van der Waals surface area contributed by atoms with E-state index in [1.165, 1.54) is 0 Å². The summed E-state index contributed by atoms with van der Waals surface area (Å²) in [6, 6.07) is 9.39. The van der Waals surface area contributed by atoms with E-state index < -0.39 is 5.97 Å². The highest BCUT2D eigenvalue weighted by atomic mass is 16.5. The summed E-state index contributed by atoms with van der Waals surface area (Å²) in [4.78, 5) is 13.5. The lowest BCUT2D eigenvalue weighted by Crippen LogP contribution is -2.18. The van der Waals surface area contributed by atoms with Gasteiger partial charge in [0.25, 0.3) is 0 Å². The Hall–Kier alpha value is -2.13. The standard InChI is InChI=1S/C12H14N2O3/c1-10(17-12(15)9-14-13)7-8-16-11-5-3-2-4-6-11/h2-6,9-10H,7-8H2,1H3/t10-/m1/s1. The molecule has 0 saturated carbocycles. The number of rotatable bonds is 6. The molecule has 0 unspecified atom stereocenters. The van der Waals surface area contributed by atoms with Gasteiger partial charge in [0, 0.05) is 6.42 Å². The van der Waals surface area contributed by atoms with E-state index in [0.29, 0.717) is 19.2 Å². The van der Waals surface area contributed by atoms with Crippen LogP contribution in [0.3, 0.4) is 0 Å². The second-order valence-electron chi connectivity index (χ2n) is 3.44. The third-order valence-corrected chi connectivity index (χ3v) is 2.02. The van der Waals surface area contributed by atoms with Crippen molar-refractivity contribution in [3.63, 3.8) is 0 Å². The van der Waals surface area contributed by atoms with Crippen molar-refractivity contribution in [3.8, 4) is 5.75 Å². The van der Waals surface area contributed by atoms with Crippen molar-refractivity contribution in [2.45, 2.75) is 19.4 Å². The fraction of sp³-hybridized carbons (Fsp3) is 0.333. The lowest BCUT2D eigenvalue weighted by molar-refractivity contribution is -0.143. The topological polar surface area (TPSA) is 71.9 Å². The maximum absolute atomic E-state index is 10.9. The summed E-state index contributed by atoms with van der Waals surface area (Å²) in [5.41, 5.74) is 8.12. The largest absolute Gasteiger partial charge is 0.493 e. The lowest BCUT2D eigenvalue weighted by atomic mass is 10.3. The van der Waals surface area contributed by atoms with E-state index in [-0.39, 0.29) is 6.10 Å². The van der Waals surface area contributed by atoms with Gasteiger partial charge in [-0.1, -0.05) is 18.2 Å². The number of benzene rings is 1. The smallest absolute Gasteiger partial charge is 0.413 e. The minimum atomic E-state index is -0.667. The molecule has 0 spiro atoms. The Morgan fingerprint density at radius 1 is 1.47 bits per heavy atom. The Labute approximate surface area is 99.6 Å². The molecule has 5 heteroatoms. The zero-order chi connectivity index (χ0) is 12.5. The second-order valence-corrected chi connectivity index (χ2v) is 3.44. The molecule has 0 aliphatic carbocycles. The van der Waals surface area contributed by atoms with Crippen LogP contribution in [-0.2, 0) is 9.53 Å². The summed E-state index contributed by atoms with van der Waals surface area (Å²) in [6.45, 7) is 2.20. The number of hydrogen-bond acceptors (Lipinski definition) is 3. The molecule has 1 aromatic carbocycles. The highest BCUT2D eigenvalue weighted by Crippen LogP contribution is 2.09. The van der Waals surface area contributed by atoms with Crippen LogP contribution in [0.15, 0.2) is 30.3 Å². The Kier molecular flexibility index (Phi) is 5.47. The third-order valence-electron chi connectivity index (χ3n) is 2.02. The maximum Gasteiger partial charge on any atom is 0.413 e. The second kappa shape index (κ2) is 7.19. The predicted molar refractivity (Wildman–Crippen MR) is 61.8 cm³/mol. The first-order chi connectivity index (χ1) is 8.22. The molecule has 0 heterocycles. The van der Waals surface area contributed by atoms with Gasteiger partial charge in [-0.15, -0.1) is 0 Å². The molecular formula is C12H14N2O3. The van der Waals surface area contributed by atoms with Gasteiger partial charge in [-0.25, -0.2) is 4.79 Å². The van der Waals surface area contributed by atoms with Crippen LogP contribution in [0, 0.1) is 0 Å². The summed E-state index contributed by atoms with van der Waals surface area (Å²) in [7, 11) is 0. The number of hydrogen-bond donors (Lipinski definition) is 0. The van der Waals surface area contributed by atoms with Crippen molar-refractivity contribution >= 4 is 12.2 Å². The van der Waals surface area contributed by atoms with Gasteiger partial charge >= 0.3 is 12.2 Å². The van der Waals surface area contributed by atoms with Gasteiger partial charge in [0.05, 0.1) is 6.61 Å². The number of esters is 1. The minimum Gasteiger partial charge on any atom is -0.493 e. The Balaban J connectivity index is 2.22. The van der Waals surface area contributed by atoms with Crippen LogP contribution in [0.2, 0.25) is 0 Å². The van der Waals surface area contributed by atoms with E-state index in [2.05, 4.69) is 4.79 Å². The number of ether oxygens (including phenoxy) is 2. The molecular weight excluding hydrogens is 220 g/mol. The normalized spacial score (nSPS) is 11.1. The Bertz CT molecular complexity index is 399. The minimum absolute atomic E-state index is 0.288. The zero-order valence-electron chi connectivity index (χ0n) is 9.57. The van der Waals surface area contributed by atoms with Gasteiger partial charge in [0.15, 0.2) is 0 Å². The van der Waals surface area contributed by atoms with E-state index in [1.807, 2.05) is 30.3 Å². The van der Waals surface area contributed by atoms with Crippen LogP contribution in [0.25, 0.3) is 5.53 Å². The number of carbonyl (C=O) groups excluding carboxylic acids is 1. The third kappa shape index (κ3) is 5.49. The number of nitrogens with zero attached hydrogens (tertiary/aromatic N) is 2. The van der Waals surface area contributed by atoms with Crippen LogP contribution >= 0.6 is 0 Å². The molecule has 90 valence electrons. The summed E-state index contributed by atoms with van der Waals surface area (Å²) in [6.07, 6.45) is 0.998. The number of para-hydroxylation sites is 1. The van der Waals surface area contributed by atoms with Crippen molar-refractivity contribution in [2.24, 2.45) is 0 Å². The van der Waals surface area contributed by atoms with Crippen LogP contribution in [-0.4, -0.2) is 29.7 Å². The van der Waals surface area contributed by atoms with Gasteiger partial charge in [0.1, 0.15) is 11.9 Å². The molecule has 1 atom stereocenters. The molecule has 0 fully saturated rings. The predicted octanol–water partition coefficient (Wildman–Crippen LogP) is 1.69. The van der Waals surface area contributed by atoms with Crippen molar-refractivity contribution in [1.29, 1.82) is 0 Å². The molecule has 17 heavy (non-hydrogen) atoms. The van der Waals surface area contributed by atoms with Crippen molar-refractivity contribution < 1.29 is 19.1 Å². The number of carbonyl (C=O) groups is 1. The lowest BCUT2D eigenvalue weighted by Gasteiger charge is -2.11. The average Bonchev–Trinajstić information content (AvgIpc) is 2.30. The molecule has 0 aliphatic heterocycles. The quantitative estimate of drug-likeness (QED) is 0.325. The highest BCUT2D eigenvalue weighted by Gasteiger charge is 2.10. The first-order valence-corrected chi connectivity index (χ1v) is 5.28. The van der Waals surface area contributed by atoms with E-state index in [1.54, 1.807) is 6.92 Å². The zero-order valence-corrected chi connectivity index (χ0v) is 9.57. The van der Waals surface area contributed by atoms with E-state index in [4.69, 9.17) is 15.0 Å². The Morgan fingerprint density at radius 3 is 2.82 bits per heavy atom. The van der Waals surface area contributed by atoms with Crippen molar-refractivity contribution in [2.75, 3.05) is 6.61 Å². The van der Waals surface area contributed by atoms with Gasteiger partial charge < -0.3 is 15.0 Å². The van der Waals surface area contributed by atoms with Crippen LogP contribution in [0.5, 0.6) is 5.75 Å². The van der Waals surface area contributed by atoms with Gasteiger partial charge in [-0.05, 0) is 19.1 Å². The molecule has 1 rings (SSSR count). The summed E-state index contributed by atoms with van der Waals surface area (Å²) < 4.78 is 10.3. The molecule has 0 aliphatic rings. The first-order valence-electron chi connectivity index (χ1n) is 5.28. The van der Waals surface area contributed by atoms with Gasteiger partial charge in [-0.3, -0.25) is 0 Å². The summed E-state index contributed by atoms with van der Waals surface area (Å²) >= 11 is 0. The molecule has 0 saturated heterocycles. The molecule has 0 N–H and O–H groups in total. The van der Waals surface area contributed by atoms with Crippen LogP contribution < -0.4 is 4.74 Å². The SMILES string of the molecule is C[C@H](CCOc1ccccc1)OC(=O)C=[N+]=[N-]. The van der Waals surface area contributed by atoms with Crippen LogP contribution in [0.1, 0.15) is 13.3 Å². The average molecular weight is 234 g/mol. The van der Waals surface area contributed by atoms with E-state index in [0.717, 1.165) is 5.75 Å². The highest BCUT2D eigenvalue weighted by molar-refractivity contribution is 6.20. The molecule has 0 radical (unpaired) electrons. The van der Waals surface area contributed by atoms with Crippen molar-refractivity contribution in [3.05, 3.63) is 35.9 Å². The fourth-order valence-corrected chi connectivity index (χ4v) is 1.19. The summed E-state index contributed by atoms with van der Waals surface area (Å²) in [5, 5.41) is 0. The first kappa shape index (κ1) is 12.9. The molecule has 5 nitrogen and oxygen atoms in total. The van der Waals surface area contributed by atoms with E-state index >= 15 is 0 Å². The van der Waals surface area contributed by atoms with E-state index in [9.17, 15) is 4.79 Å². The van der Waals surface area contributed by atoms with Gasteiger partial charge in [0.2, 0.25) is 0 Å². The monoisotopic (exact) mass is 234 g/mol. The maximum atomic E-state index is 10.9. The molecule has 0 aromatic heterocycles.